The van der Waals surface area contributed by atoms with Crippen LogP contribution >= 0.6 is 11.3 Å². The maximum atomic E-state index is 9.86. The highest BCUT2D eigenvalue weighted by molar-refractivity contribution is 7.14. The molecule has 0 bridgehead atoms. The lowest BCUT2D eigenvalue weighted by Crippen LogP contribution is -1.94. The molecule has 0 aromatic carbocycles. The molecule has 0 saturated carbocycles. The Bertz CT molecular complexity index is 237. The summed E-state index contributed by atoms with van der Waals surface area (Å²) in [7, 11) is 0. The molecule has 0 fully saturated rings. The molecule has 1 rings (SSSR count). The molecule has 0 unspecified atom stereocenters. The molecule has 3 nitrogen and oxygen atoms in total. The Morgan fingerprint density at radius 3 is 3.00 bits per heavy atom. The molecule has 1 heterocycles. The summed E-state index contributed by atoms with van der Waals surface area (Å²) in [6, 6.07) is 0. The highest BCUT2D eigenvalue weighted by Gasteiger charge is 2.04. The van der Waals surface area contributed by atoms with Crippen molar-refractivity contribution >= 4 is 22.8 Å². The Labute approximate surface area is 68.8 Å². The first-order valence-corrected chi connectivity index (χ1v) is 4.01. The molecular weight excluding hydrogens is 162 g/mol. The van der Waals surface area contributed by atoms with Gasteiger partial charge in [0.15, 0.2) is 0 Å². The Morgan fingerprint density at radius 1 is 1.82 bits per heavy atom. The van der Waals surface area contributed by atoms with Crippen LogP contribution in [0.3, 0.4) is 0 Å². The molecule has 0 spiro atoms. The maximum Gasteiger partial charge on any atom is 0.293 e. The fraction of sp³-hybridized carbons (Fsp3) is 0.286. The van der Waals surface area contributed by atoms with Crippen LogP contribution in [0.15, 0.2) is 5.38 Å². The zero-order valence-corrected chi connectivity index (χ0v) is 6.98. The number of anilines is 1. The van der Waals surface area contributed by atoms with Gasteiger partial charge in [-0.15, -0.1) is 11.3 Å². The van der Waals surface area contributed by atoms with E-state index in [1.165, 1.54) is 11.3 Å². The van der Waals surface area contributed by atoms with E-state index in [4.69, 9.17) is 5.73 Å². The summed E-state index contributed by atoms with van der Waals surface area (Å²) < 4.78 is 4.59. The first kappa shape index (κ1) is 8.07. The van der Waals surface area contributed by atoms with Crippen LogP contribution in [0.4, 0.5) is 5.00 Å². The molecule has 0 radical (unpaired) electrons. The fourth-order valence-corrected chi connectivity index (χ4v) is 1.60. The molecule has 2 N–H and O–H groups in total. The van der Waals surface area contributed by atoms with Gasteiger partial charge < -0.3 is 10.5 Å². The quantitative estimate of drug-likeness (QED) is 0.697. The summed E-state index contributed by atoms with van der Waals surface area (Å²) in [5.74, 6) is 0. The van der Waals surface area contributed by atoms with Crippen molar-refractivity contribution in [3.05, 3.63) is 16.5 Å². The lowest BCUT2D eigenvalue weighted by Gasteiger charge is -1.98. The smallest absolute Gasteiger partial charge is 0.293 e. The van der Waals surface area contributed by atoms with Crippen molar-refractivity contribution in [1.82, 2.24) is 0 Å². The highest BCUT2D eigenvalue weighted by atomic mass is 32.1. The SMILES string of the molecule is Cc1csc(N)c1COC=O. The van der Waals surface area contributed by atoms with Gasteiger partial charge in [-0.3, -0.25) is 4.79 Å². The monoisotopic (exact) mass is 171 g/mol. The van der Waals surface area contributed by atoms with Gasteiger partial charge in [0.1, 0.15) is 6.61 Å². The van der Waals surface area contributed by atoms with Crippen molar-refractivity contribution in [2.75, 3.05) is 5.73 Å². The molecule has 0 amide bonds. The molecule has 0 aliphatic heterocycles. The predicted molar refractivity (Wildman–Crippen MR) is 44.3 cm³/mol. The highest BCUT2D eigenvalue weighted by Crippen LogP contribution is 2.24. The van der Waals surface area contributed by atoms with Gasteiger partial charge in [-0.2, -0.15) is 0 Å². The van der Waals surface area contributed by atoms with E-state index in [2.05, 4.69) is 4.74 Å². The van der Waals surface area contributed by atoms with Crippen molar-refractivity contribution in [3.8, 4) is 0 Å². The number of hydrogen-bond acceptors (Lipinski definition) is 4. The number of hydrogen-bond donors (Lipinski definition) is 1. The standard InChI is InChI=1S/C7H9NO2S/c1-5-3-11-7(8)6(5)2-10-4-9/h3-4H,2,8H2,1H3. The van der Waals surface area contributed by atoms with Gasteiger partial charge in [-0.1, -0.05) is 0 Å². The van der Waals surface area contributed by atoms with Crippen molar-refractivity contribution in [2.45, 2.75) is 13.5 Å². The van der Waals surface area contributed by atoms with Gasteiger partial charge in [-0.05, 0) is 17.9 Å². The summed E-state index contributed by atoms with van der Waals surface area (Å²) in [5.41, 5.74) is 7.60. The van der Waals surface area contributed by atoms with Crippen LogP contribution in [-0.4, -0.2) is 6.47 Å². The van der Waals surface area contributed by atoms with Gasteiger partial charge in [0.2, 0.25) is 0 Å². The van der Waals surface area contributed by atoms with E-state index in [9.17, 15) is 4.79 Å². The number of carbonyl (C=O) groups excluding carboxylic acids is 1. The number of nitrogen functional groups attached to an aromatic ring is 1. The summed E-state index contributed by atoms with van der Waals surface area (Å²) in [6.45, 7) is 2.65. The molecule has 4 heteroatoms. The second kappa shape index (κ2) is 3.39. The average molecular weight is 171 g/mol. The molecule has 0 saturated heterocycles. The van der Waals surface area contributed by atoms with Gasteiger partial charge >= 0.3 is 0 Å². The minimum absolute atomic E-state index is 0.282. The van der Waals surface area contributed by atoms with E-state index >= 15 is 0 Å². The third kappa shape index (κ3) is 1.71. The van der Waals surface area contributed by atoms with Crippen LogP contribution in [-0.2, 0) is 16.1 Å². The van der Waals surface area contributed by atoms with Crippen LogP contribution in [0.2, 0.25) is 0 Å². The first-order valence-electron chi connectivity index (χ1n) is 3.13. The van der Waals surface area contributed by atoms with E-state index in [1.807, 2.05) is 12.3 Å². The van der Waals surface area contributed by atoms with Gasteiger partial charge in [0.05, 0.1) is 5.00 Å². The lowest BCUT2D eigenvalue weighted by molar-refractivity contribution is -0.129. The van der Waals surface area contributed by atoms with E-state index < -0.39 is 0 Å². The Hall–Kier alpha value is -1.03. The van der Waals surface area contributed by atoms with E-state index in [0.717, 1.165) is 16.1 Å². The first-order chi connectivity index (χ1) is 5.25. The number of nitrogens with two attached hydrogens (primary N) is 1. The topological polar surface area (TPSA) is 52.3 Å². The van der Waals surface area contributed by atoms with Crippen LogP contribution < -0.4 is 5.73 Å². The lowest BCUT2D eigenvalue weighted by atomic mass is 10.2. The molecule has 0 atom stereocenters. The third-order valence-electron chi connectivity index (χ3n) is 1.43. The Kier molecular flexibility index (Phi) is 2.48. The van der Waals surface area contributed by atoms with Crippen molar-refractivity contribution in [2.24, 2.45) is 0 Å². The second-order valence-corrected chi connectivity index (χ2v) is 3.08. The van der Waals surface area contributed by atoms with E-state index in [0.29, 0.717) is 6.47 Å². The largest absolute Gasteiger partial charge is 0.463 e. The van der Waals surface area contributed by atoms with Gasteiger partial charge in [-0.25, -0.2) is 0 Å². The van der Waals surface area contributed by atoms with E-state index in [1.54, 1.807) is 0 Å². The minimum Gasteiger partial charge on any atom is -0.463 e. The third-order valence-corrected chi connectivity index (χ3v) is 2.40. The van der Waals surface area contributed by atoms with Crippen LogP contribution in [0.25, 0.3) is 0 Å². The van der Waals surface area contributed by atoms with Crippen LogP contribution in [0.5, 0.6) is 0 Å². The molecule has 0 aliphatic rings. The average Bonchev–Trinajstić information content (AvgIpc) is 2.29. The number of carbonyl (C=O) groups is 1. The second-order valence-electron chi connectivity index (χ2n) is 2.17. The van der Waals surface area contributed by atoms with Crippen molar-refractivity contribution in [1.29, 1.82) is 0 Å². The fourth-order valence-electron chi connectivity index (χ4n) is 0.791. The van der Waals surface area contributed by atoms with Gasteiger partial charge in [0.25, 0.3) is 6.47 Å². The number of aryl methyl sites for hydroxylation is 1. The Balaban J connectivity index is 2.74. The van der Waals surface area contributed by atoms with Crippen molar-refractivity contribution in [3.63, 3.8) is 0 Å². The zero-order chi connectivity index (χ0) is 8.27. The molecule has 1 aromatic rings. The van der Waals surface area contributed by atoms with Gasteiger partial charge in [0, 0.05) is 5.56 Å². The maximum absolute atomic E-state index is 9.86. The summed E-state index contributed by atoms with van der Waals surface area (Å²) >= 11 is 1.46. The summed E-state index contributed by atoms with van der Waals surface area (Å²) in [5, 5.41) is 2.67. The molecule has 60 valence electrons. The van der Waals surface area contributed by atoms with Crippen LogP contribution in [0, 0.1) is 6.92 Å². The van der Waals surface area contributed by atoms with E-state index in [-0.39, 0.29) is 6.61 Å². The zero-order valence-electron chi connectivity index (χ0n) is 6.16. The number of rotatable bonds is 3. The van der Waals surface area contributed by atoms with Crippen molar-refractivity contribution < 1.29 is 9.53 Å². The normalized spacial score (nSPS) is 9.55. The summed E-state index contributed by atoms with van der Waals surface area (Å²) in [6.07, 6.45) is 0. The predicted octanol–water partition coefficient (Wildman–Crippen LogP) is 1.31. The molecule has 1 aromatic heterocycles. The Morgan fingerprint density at radius 2 is 2.55 bits per heavy atom. The number of ether oxygens (including phenoxy) is 1. The molecule has 0 aliphatic carbocycles. The molecule has 11 heavy (non-hydrogen) atoms. The molecular formula is C7H9NO2S. The van der Waals surface area contributed by atoms with Crippen LogP contribution in [0.1, 0.15) is 11.1 Å². The number of thiophene rings is 1. The summed E-state index contributed by atoms with van der Waals surface area (Å²) in [4.78, 5) is 9.86. The minimum atomic E-state index is 0.282.